The molecule has 0 aliphatic heterocycles. The highest BCUT2D eigenvalue weighted by Crippen LogP contribution is 2.39. The van der Waals surface area contributed by atoms with Crippen molar-refractivity contribution in [2.75, 3.05) is 0 Å². The fourth-order valence-corrected chi connectivity index (χ4v) is 11.8. The Hall–Kier alpha value is -4.54. The van der Waals surface area contributed by atoms with Gasteiger partial charge in [-0.05, 0) is 56.4 Å². The first-order valence-electron chi connectivity index (χ1n) is 13.5. The van der Waals surface area contributed by atoms with Gasteiger partial charge in [0.05, 0.1) is 5.39 Å². The SMILES string of the molecule is C1=CC(c2cc([Si](c3ccccc3)(c3ccccc3)c3ccccc3)c3cc2C3)Cc2c1oc1ncncc21. The summed E-state index contributed by atoms with van der Waals surface area (Å²) in [5.74, 6) is 1.20. The van der Waals surface area contributed by atoms with Gasteiger partial charge >= 0.3 is 0 Å². The molecule has 0 N–H and O–H groups in total. The van der Waals surface area contributed by atoms with Gasteiger partial charge in [-0.2, -0.15) is 0 Å². The van der Waals surface area contributed by atoms with E-state index in [2.05, 4.69) is 125 Å². The topological polar surface area (TPSA) is 38.9 Å². The molecular weight excluding hydrogens is 492 g/mol. The molecule has 1 atom stereocenters. The Balaban J connectivity index is 1.35. The summed E-state index contributed by atoms with van der Waals surface area (Å²) >= 11 is 0. The van der Waals surface area contributed by atoms with Gasteiger partial charge in [-0.3, -0.25) is 0 Å². The lowest BCUT2D eigenvalue weighted by Crippen LogP contribution is -2.75. The molecular formula is C35H26N2OSi. The first-order chi connectivity index (χ1) is 19.3. The van der Waals surface area contributed by atoms with E-state index in [1.54, 1.807) is 6.33 Å². The summed E-state index contributed by atoms with van der Waals surface area (Å²) in [6.07, 6.45) is 9.84. The molecule has 0 radical (unpaired) electrons. The number of fused-ring (bicyclic) bond motifs is 5. The molecule has 0 amide bonds. The minimum absolute atomic E-state index is 0.288. The molecule has 9 rings (SSSR count). The van der Waals surface area contributed by atoms with Crippen LogP contribution in [0, 0.1) is 0 Å². The average molecular weight is 519 g/mol. The second-order valence-corrected chi connectivity index (χ2v) is 14.4. The lowest BCUT2D eigenvalue weighted by atomic mass is 9.79. The number of furan rings is 1. The molecule has 0 saturated carbocycles. The predicted octanol–water partition coefficient (Wildman–Crippen LogP) is 4.86. The molecule has 39 heavy (non-hydrogen) atoms. The van der Waals surface area contributed by atoms with Crippen LogP contribution in [0.4, 0.5) is 0 Å². The van der Waals surface area contributed by atoms with E-state index < -0.39 is 8.07 Å². The first-order valence-corrected chi connectivity index (χ1v) is 15.5. The molecule has 0 spiro atoms. The first kappa shape index (κ1) is 22.4. The van der Waals surface area contributed by atoms with Gasteiger partial charge in [0.15, 0.2) is 8.07 Å². The van der Waals surface area contributed by atoms with Crippen molar-refractivity contribution in [1.29, 1.82) is 0 Å². The Labute approximate surface area is 228 Å². The van der Waals surface area contributed by atoms with E-state index in [1.165, 1.54) is 43.0 Å². The van der Waals surface area contributed by atoms with Crippen LogP contribution in [-0.4, -0.2) is 18.0 Å². The molecule has 4 aromatic carbocycles. The average Bonchev–Trinajstić information content (AvgIpc) is 3.37. The Kier molecular flexibility index (Phi) is 5.04. The molecule has 2 bridgehead atoms. The molecule has 2 heterocycles. The van der Waals surface area contributed by atoms with E-state index in [4.69, 9.17) is 4.42 Å². The lowest BCUT2D eigenvalue weighted by molar-refractivity contribution is 0.580. The number of hydrogen-bond donors (Lipinski definition) is 0. The van der Waals surface area contributed by atoms with Crippen LogP contribution in [-0.2, 0) is 12.8 Å². The summed E-state index contributed by atoms with van der Waals surface area (Å²) < 4.78 is 6.04. The molecule has 3 aliphatic carbocycles. The van der Waals surface area contributed by atoms with Crippen molar-refractivity contribution < 1.29 is 4.42 Å². The Morgan fingerprint density at radius 2 is 1.36 bits per heavy atom. The molecule has 0 fully saturated rings. The standard InChI is InChI=1S/C35H26N2OSi/c1-4-10-27(11-5-1)39(28-12-6-2-7-13-28,29-14-8-3-9-15-29)34-21-30(25-18-26(34)19-25)24-16-17-33-31(20-24)32-22-36-23-37-35(32)38-33/h1-18,21-24H,19-20H2. The largest absolute Gasteiger partial charge is 0.438 e. The quantitative estimate of drug-likeness (QED) is 0.241. The van der Waals surface area contributed by atoms with Crippen molar-refractivity contribution >= 4 is 46.0 Å². The van der Waals surface area contributed by atoms with E-state index in [1.807, 2.05) is 6.20 Å². The maximum Gasteiger partial charge on any atom is 0.229 e. The molecule has 6 aromatic rings. The molecule has 3 aliphatic rings. The Morgan fingerprint density at radius 1 is 0.744 bits per heavy atom. The summed E-state index contributed by atoms with van der Waals surface area (Å²) in [4.78, 5) is 8.63. The van der Waals surface area contributed by atoms with Gasteiger partial charge in [-0.1, -0.05) is 109 Å². The zero-order valence-corrected chi connectivity index (χ0v) is 22.4. The summed E-state index contributed by atoms with van der Waals surface area (Å²) in [5, 5.41) is 6.80. The second kappa shape index (κ2) is 8.75. The van der Waals surface area contributed by atoms with Gasteiger partial charge in [0.2, 0.25) is 5.71 Å². The minimum Gasteiger partial charge on any atom is -0.438 e. The minimum atomic E-state index is -2.56. The van der Waals surface area contributed by atoms with Crippen LogP contribution < -0.4 is 20.7 Å². The third-order valence-electron chi connectivity index (χ3n) is 8.58. The summed E-state index contributed by atoms with van der Waals surface area (Å²) in [5.41, 5.74) is 6.28. The Morgan fingerprint density at radius 3 is 1.97 bits per heavy atom. The van der Waals surface area contributed by atoms with Gasteiger partial charge in [0.25, 0.3) is 0 Å². The predicted molar refractivity (Wildman–Crippen MR) is 160 cm³/mol. The van der Waals surface area contributed by atoms with Crippen LogP contribution >= 0.6 is 0 Å². The van der Waals surface area contributed by atoms with Crippen LogP contribution in [0.15, 0.2) is 126 Å². The van der Waals surface area contributed by atoms with Gasteiger partial charge < -0.3 is 4.42 Å². The van der Waals surface area contributed by atoms with E-state index in [0.717, 1.165) is 24.0 Å². The number of benzene rings is 4. The van der Waals surface area contributed by atoms with Crippen molar-refractivity contribution in [2.45, 2.75) is 18.8 Å². The van der Waals surface area contributed by atoms with Gasteiger partial charge in [-0.25, -0.2) is 9.97 Å². The molecule has 186 valence electrons. The van der Waals surface area contributed by atoms with Crippen molar-refractivity contribution in [2.24, 2.45) is 0 Å². The lowest BCUT2D eigenvalue weighted by Gasteiger charge is -2.40. The van der Waals surface area contributed by atoms with Crippen LogP contribution in [0.25, 0.3) is 17.2 Å². The number of nitrogens with zero attached hydrogens (tertiary/aromatic N) is 2. The van der Waals surface area contributed by atoms with Crippen LogP contribution in [0.2, 0.25) is 0 Å². The number of rotatable bonds is 5. The van der Waals surface area contributed by atoms with Gasteiger partial charge in [-0.15, -0.1) is 0 Å². The number of hydrogen-bond acceptors (Lipinski definition) is 3. The maximum absolute atomic E-state index is 6.04. The molecule has 0 saturated heterocycles. The van der Waals surface area contributed by atoms with Gasteiger partial charge in [0, 0.05) is 17.7 Å². The van der Waals surface area contributed by atoms with E-state index in [0.29, 0.717) is 5.71 Å². The summed E-state index contributed by atoms with van der Waals surface area (Å²) in [6, 6.07) is 38.6. The molecule has 2 aromatic heterocycles. The van der Waals surface area contributed by atoms with Crippen LogP contribution in [0.1, 0.15) is 33.9 Å². The zero-order valence-electron chi connectivity index (χ0n) is 21.4. The normalized spacial score (nSPS) is 15.6. The van der Waals surface area contributed by atoms with Gasteiger partial charge in [0.1, 0.15) is 12.1 Å². The number of allylic oxidation sites excluding steroid dienone is 1. The van der Waals surface area contributed by atoms with Crippen molar-refractivity contribution in [3.63, 3.8) is 0 Å². The third-order valence-corrected chi connectivity index (χ3v) is 13.5. The summed E-state index contributed by atoms with van der Waals surface area (Å²) in [6.45, 7) is 0. The van der Waals surface area contributed by atoms with E-state index >= 15 is 0 Å². The molecule has 4 heteroatoms. The highest BCUT2D eigenvalue weighted by Gasteiger charge is 2.44. The smallest absolute Gasteiger partial charge is 0.229 e. The number of aromatic nitrogens is 2. The fraction of sp³-hybridized carbons (Fsp3) is 0.0857. The highest BCUT2D eigenvalue weighted by molar-refractivity contribution is 7.20. The van der Waals surface area contributed by atoms with E-state index in [-0.39, 0.29) is 5.92 Å². The Bertz CT molecular complexity index is 1760. The molecule has 1 unspecified atom stereocenters. The van der Waals surface area contributed by atoms with Crippen molar-refractivity contribution in [1.82, 2.24) is 9.97 Å². The van der Waals surface area contributed by atoms with Crippen molar-refractivity contribution in [3.05, 3.63) is 150 Å². The zero-order chi connectivity index (χ0) is 25.8. The maximum atomic E-state index is 6.04. The monoisotopic (exact) mass is 518 g/mol. The van der Waals surface area contributed by atoms with Crippen LogP contribution in [0.5, 0.6) is 0 Å². The van der Waals surface area contributed by atoms with Crippen molar-refractivity contribution in [3.8, 4) is 0 Å². The summed E-state index contributed by atoms with van der Waals surface area (Å²) in [7, 11) is -2.56. The van der Waals surface area contributed by atoms with E-state index in [9.17, 15) is 0 Å². The highest BCUT2D eigenvalue weighted by atomic mass is 28.3. The van der Waals surface area contributed by atoms with Crippen LogP contribution in [0.3, 0.4) is 0 Å². The second-order valence-electron chi connectivity index (χ2n) is 10.6. The fourth-order valence-electron chi connectivity index (χ4n) is 6.77. The third kappa shape index (κ3) is 3.35. The molecule has 3 nitrogen and oxygen atoms in total.